The lowest BCUT2D eigenvalue weighted by Crippen LogP contribution is -2.54. The van der Waals surface area contributed by atoms with Crippen LogP contribution in [0.1, 0.15) is 36.6 Å². The number of likely N-dealkylation sites (N-methyl/N-ethyl adjacent to an activating group) is 1. The van der Waals surface area contributed by atoms with Gasteiger partial charge in [0, 0.05) is 43.8 Å². The number of nitriles is 1. The summed E-state index contributed by atoms with van der Waals surface area (Å²) in [5, 5.41) is 10.7. The zero-order chi connectivity index (χ0) is 27.7. The Morgan fingerprint density at radius 2 is 2.10 bits per heavy atom. The first-order valence-corrected chi connectivity index (χ1v) is 13.9. The Labute approximate surface area is 234 Å². The molecular formula is C29H34ClFN6O2. The van der Waals surface area contributed by atoms with Crippen LogP contribution in [0.4, 0.5) is 15.8 Å². The number of likely N-dealkylation sites (tertiary alicyclic amines) is 1. The van der Waals surface area contributed by atoms with E-state index in [1.807, 2.05) is 11.8 Å². The van der Waals surface area contributed by atoms with Crippen molar-refractivity contribution in [2.75, 3.05) is 56.2 Å². The number of amides is 1. The van der Waals surface area contributed by atoms with E-state index in [0.29, 0.717) is 67.9 Å². The number of nitrogens with zero attached hydrogens (tertiary/aromatic N) is 6. The van der Waals surface area contributed by atoms with E-state index in [1.165, 1.54) is 12.1 Å². The average Bonchev–Trinajstić information content (AvgIpc) is 3.34. The van der Waals surface area contributed by atoms with Crippen molar-refractivity contribution in [2.24, 2.45) is 0 Å². The predicted molar refractivity (Wildman–Crippen MR) is 150 cm³/mol. The van der Waals surface area contributed by atoms with Crippen LogP contribution in [0.5, 0.6) is 5.88 Å². The van der Waals surface area contributed by atoms with Gasteiger partial charge in [0.15, 0.2) is 0 Å². The molecular weight excluding hydrogens is 519 g/mol. The van der Waals surface area contributed by atoms with Crippen molar-refractivity contribution in [3.63, 3.8) is 0 Å². The van der Waals surface area contributed by atoms with Crippen molar-refractivity contribution >= 4 is 28.9 Å². The summed E-state index contributed by atoms with van der Waals surface area (Å²) in [6.07, 6.45) is 4.06. The van der Waals surface area contributed by atoms with Crippen LogP contribution in [0, 0.1) is 17.1 Å². The second-order valence-corrected chi connectivity index (χ2v) is 10.9. The molecule has 3 aliphatic heterocycles. The maximum Gasteiger partial charge on any atom is 0.246 e. The van der Waals surface area contributed by atoms with Gasteiger partial charge in [-0.25, -0.2) is 9.37 Å². The molecule has 0 aliphatic carbocycles. The van der Waals surface area contributed by atoms with E-state index >= 15 is 0 Å². The highest BCUT2D eigenvalue weighted by molar-refractivity contribution is 6.33. The maximum atomic E-state index is 14.8. The molecule has 0 radical (unpaired) electrons. The molecule has 2 saturated heterocycles. The van der Waals surface area contributed by atoms with Crippen LogP contribution >= 0.6 is 11.6 Å². The third-order valence-corrected chi connectivity index (χ3v) is 8.45. The highest BCUT2D eigenvalue weighted by Gasteiger charge is 2.34. The molecule has 3 aliphatic rings. The van der Waals surface area contributed by atoms with Crippen LogP contribution in [0.2, 0.25) is 5.02 Å². The molecule has 0 bridgehead atoms. The van der Waals surface area contributed by atoms with E-state index in [2.05, 4.69) is 29.5 Å². The largest absolute Gasteiger partial charge is 0.475 e. The van der Waals surface area contributed by atoms with E-state index < -0.39 is 0 Å². The number of piperazine rings is 1. The fourth-order valence-corrected chi connectivity index (χ4v) is 6.32. The number of rotatable bonds is 6. The second kappa shape index (κ2) is 11.4. The number of carbonyl (C=O) groups excluding carboxylic acids is 1. The Bertz CT molecular complexity index is 1290. The average molecular weight is 553 g/mol. The number of halogens is 2. The number of hydrogen-bond acceptors (Lipinski definition) is 7. The molecule has 5 rings (SSSR count). The van der Waals surface area contributed by atoms with Crippen LogP contribution in [-0.2, 0) is 17.8 Å². The standard InChI is InChI=1S/C29H34ClFN6O2/c1-4-26(38)37-14-13-36(16-19(37)2)27-21-10-12-35(28-23(30)8-5-9-24(28)31)17-25(21)33-29(22(27)15-32)39-18-20-7-6-11-34(20)3/h4-5,8-9,19-20H,1,6-7,10-14,16-18H2,2-3H3/t19-,20-/m0/s1. The number of aromatic nitrogens is 1. The number of para-hydroxylation sites is 1. The molecule has 2 fully saturated rings. The number of ether oxygens (including phenoxy) is 1. The molecule has 39 heavy (non-hydrogen) atoms. The molecule has 0 spiro atoms. The molecule has 8 nitrogen and oxygen atoms in total. The first-order valence-electron chi connectivity index (χ1n) is 13.5. The number of pyridine rings is 1. The molecule has 1 aromatic heterocycles. The van der Waals surface area contributed by atoms with Gasteiger partial charge in [0.2, 0.25) is 11.8 Å². The SMILES string of the molecule is C=CC(=O)N1CCN(c2c(C#N)c(OC[C@@H]3CCCN3C)nc3c2CCN(c2c(F)cccc2Cl)C3)C[C@@H]1C. The first-order chi connectivity index (χ1) is 18.8. The lowest BCUT2D eigenvalue weighted by molar-refractivity contribution is -0.128. The molecule has 2 aromatic rings. The van der Waals surface area contributed by atoms with Gasteiger partial charge in [-0.1, -0.05) is 24.2 Å². The summed E-state index contributed by atoms with van der Waals surface area (Å²) >= 11 is 6.40. The van der Waals surface area contributed by atoms with Crippen molar-refractivity contribution in [1.82, 2.24) is 14.8 Å². The Balaban J connectivity index is 1.53. The molecule has 0 unspecified atom stereocenters. The topological polar surface area (TPSA) is 75.9 Å². The molecule has 10 heteroatoms. The number of benzene rings is 1. The smallest absolute Gasteiger partial charge is 0.246 e. The van der Waals surface area contributed by atoms with E-state index in [-0.39, 0.29) is 23.8 Å². The van der Waals surface area contributed by atoms with Crippen LogP contribution in [0.3, 0.4) is 0 Å². The van der Waals surface area contributed by atoms with E-state index in [4.69, 9.17) is 21.3 Å². The Morgan fingerprint density at radius 3 is 2.77 bits per heavy atom. The van der Waals surface area contributed by atoms with Gasteiger partial charge < -0.3 is 24.3 Å². The maximum absolute atomic E-state index is 14.8. The minimum Gasteiger partial charge on any atom is -0.475 e. The highest BCUT2D eigenvalue weighted by atomic mass is 35.5. The molecule has 1 amide bonds. The predicted octanol–water partition coefficient (Wildman–Crippen LogP) is 4.00. The molecule has 0 saturated carbocycles. The summed E-state index contributed by atoms with van der Waals surface area (Å²) in [7, 11) is 2.08. The van der Waals surface area contributed by atoms with Crippen LogP contribution in [0.25, 0.3) is 0 Å². The fourth-order valence-electron chi connectivity index (χ4n) is 6.04. The number of carbonyl (C=O) groups is 1. The zero-order valence-electron chi connectivity index (χ0n) is 22.5. The van der Waals surface area contributed by atoms with E-state index in [0.717, 1.165) is 36.3 Å². The van der Waals surface area contributed by atoms with Crippen LogP contribution in [-0.4, -0.2) is 79.2 Å². The fraction of sp³-hybridized carbons (Fsp3) is 0.483. The van der Waals surface area contributed by atoms with Crippen molar-refractivity contribution in [3.8, 4) is 11.9 Å². The van der Waals surface area contributed by atoms with E-state index in [1.54, 1.807) is 17.0 Å². The van der Waals surface area contributed by atoms with Gasteiger partial charge >= 0.3 is 0 Å². The van der Waals surface area contributed by atoms with Gasteiger partial charge in [-0.05, 0) is 58.0 Å². The number of anilines is 2. The normalized spacial score (nSPS) is 21.5. The zero-order valence-corrected chi connectivity index (χ0v) is 23.3. The lowest BCUT2D eigenvalue weighted by Gasteiger charge is -2.42. The molecule has 2 atom stereocenters. The lowest BCUT2D eigenvalue weighted by atomic mass is 9.97. The molecule has 0 N–H and O–H groups in total. The number of fused-ring (bicyclic) bond motifs is 1. The quantitative estimate of drug-likeness (QED) is 0.501. The van der Waals surface area contributed by atoms with Gasteiger partial charge in [-0.15, -0.1) is 0 Å². The molecule has 4 heterocycles. The third-order valence-electron chi connectivity index (χ3n) is 8.14. The minimum atomic E-state index is -0.377. The highest BCUT2D eigenvalue weighted by Crippen LogP contribution is 2.40. The van der Waals surface area contributed by atoms with Crippen molar-refractivity contribution < 1.29 is 13.9 Å². The summed E-state index contributed by atoms with van der Waals surface area (Å²) in [6.45, 7) is 9.63. The van der Waals surface area contributed by atoms with Crippen LogP contribution in [0.15, 0.2) is 30.9 Å². The first kappa shape index (κ1) is 27.2. The monoisotopic (exact) mass is 552 g/mol. The summed E-state index contributed by atoms with van der Waals surface area (Å²) < 4.78 is 21.1. The molecule has 1 aromatic carbocycles. The summed E-state index contributed by atoms with van der Waals surface area (Å²) in [5.74, 6) is -0.163. The van der Waals surface area contributed by atoms with Gasteiger partial charge in [0.1, 0.15) is 24.1 Å². The minimum absolute atomic E-state index is 0.0616. The Morgan fingerprint density at radius 1 is 1.28 bits per heavy atom. The van der Waals surface area contributed by atoms with Crippen molar-refractivity contribution in [2.45, 2.75) is 44.8 Å². The van der Waals surface area contributed by atoms with E-state index in [9.17, 15) is 14.4 Å². The van der Waals surface area contributed by atoms with Gasteiger partial charge in [-0.2, -0.15) is 5.26 Å². The van der Waals surface area contributed by atoms with Crippen molar-refractivity contribution in [3.05, 3.63) is 58.5 Å². The van der Waals surface area contributed by atoms with Gasteiger partial charge in [-0.3, -0.25) is 4.79 Å². The van der Waals surface area contributed by atoms with Crippen molar-refractivity contribution in [1.29, 1.82) is 5.26 Å². The van der Waals surface area contributed by atoms with Crippen LogP contribution < -0.4 is 14.5 Å². The third kappa shape index (κ3) is 5.28. The Hall–Kier alpha value is -3.35. The second-order valence-electron chi connectivity index (χ2n) is 10.5. The van der Waals surface area contributed by atoms with Gasteiger partial charge in [0.25, 0.3) is 0 Å². The van der Waals surface area contributed by atoms with Gasteiger partial charge in [0.05, 0.1) is 28.6 Å². The summed E-state index contributed by atoms with van der Waals surface area (Å²) in [6, 6.07) is 7.28. The number of hydrogen-bond donors (Lipinski definition) is 0. The summed E-state index contributed by atoms with van der Waals surface area (Å²) in [5.41, 5.74) is 3.31. The molecule has 206 valence electrons. The Kier molecular flexibility index (Phi) is 7.96. The summed E-state index contributed by atoms with van der Waals surface area (Å²) in [4.78, 5) is 25.4.